The molecule has 3 heterocycles. The summed E-state index contributed by atoms with van der Waals surface area (Å²) >= 11 is 3.47. The number of hydrogen-bond donors (Lipinski definition) is 2. The molecule has 1 aliphatic heterocycles. The highest BCUT2D eigenvalue weighted by atomic mass is 79.9. The van der Waals surface area contributed by atoms with Crippen molar-refractivity contribution in [2.75, 3.05) is 20.2 Å². The molecule has 1 aliphatic rings. The van der Waals surface area contributed by atoms with E-state index in [1.54, 1.807) is 11.4 Å². The first-order valence-corrected chi connectivity index (χ1v) is 11.6. The van der Waals surface area contributed by atoms with Crippen molar-refractivity contribution in [2.45, 2.75) is 17.7 Å². The summed E-state index contributed by atoms with van der Waals surface area (Å²) in [7, 11) is -2.07. The van der Waals surface area contributed by atoms with E-state index in [1.807, 2.05) is 36.4 Å². The quantitative estimate of drug-likeness (QED) is 0.461. The predicted molar refractivity (Wildman–Crippen MR) is 116 cm³/mol. The molecular formula is C20H19BrN4O3S. The molecule has 2 aromatic carbocycles. The molecule has 7 nitrogen and oxygen atoms in total. The Morgan fingerprint density at radius 2 is 1.86 bits per heavy atom. The number of H-pyrrole nitrogens is 2. The van der Waals surface area contributed by atoms with Crippen molar-refractivity contribution in [2.24, 2.45) is 0 Å². The van der Waals surface area contributed by atoms with E-state index in [0.29, 0.717) is 35.7 Å². The van der Waals surface area contributed by atoms with Crippen LogP contribution in [0, 0.1) is 0 Å². The van der Waals surface area contributed by atoms with Crippen molar-refractivity contribution in [3.8, 4) is 17.3 Å². The molecule has 0 unspecified atom stereocenters. The fraction of sp³-hybridized carbons (Fsp3) is 0.250. The summed E-state index contributed by atoms with van der Waals surface area (Å²) in [6, 6.07) is 11.1. The maximum absolute atomic E-state index is 13.6. The molecule has 29 heavy (non-hydrogen) atoms. The molecule has 150 valence electrons. The van der Waals surface area contributed by atoms with Crippen molar-refractivity contribution in [3.63, 3.8) is 0 Å². The minimum atomic E-state index is -3.67. The van der Waals surface area contributed by atoms with Crippen molar-refractivity contribution >= 4 is 47.9 Å². The molecule has 4 aromatic rings. The average molecular weight is 475 g/mol. The zero-order valence-corrected chi connectivity index (χ0v) is 18.1. The van der Waals surface area contributed by atoms with Gasteiger partial charge in [-0.05, 0) is 43.2 Å². The second-order valence-corrected chi connectivity index (χ2v) is 9.89. The minimum absolute atomic E-state index is 0.265. The van der Waals surface area contributed by atoms with Crippen LogP contribution in [-0.4, -0.2) is 47.9 Å². The molecule has 5 rings (SSSR count). The van der Waals surface area contributed by atoms with E-state index in [4.69, 9.17) is 4.74 Å². The first-order valence-electron chi connectivity index (χ1n) is 9.33. The molecule has 2 aromatic heterocycles. The van der Waals surface area contributed by atoms with Gasteiger partial charge in [-0.25, -0.2) is 13.4 Å². The zero-order chi connectivity index (χ0) is 20.2. The molecule has 0 amide bonds. The second kappa shape index (κ2) is 6.86. The highest BCUT2D eigenvalue weighted by molar-refractivity contribution is 9.10. The Morgan fingerprint density at radius 3 is 2.62 bits per heavy atom. The van der Waals surface area contributed by atoms with Gasteiger partial charge in [0.15, 0.2) is 5.82 Å². The number of methoxy groups -OCH3 is 1. The second-order valence-electron chi connectivity index (χ2n) is 7.10. The third-order valence-electron chi connectivity index (χ3n) is 5.30. The van der Waals surface area contributed by atoms with E-state index in [2.05, 4.69) is 30.9 Å². The standard InChI is InChI=1S/C20H19BrN4O3S/c1-28-13-5-7-16-17(11-13)24-20(23-16)18-19(29(26,27)25-8-2-3-9-25)14-10-12(21)4-6-15(14)22-18/h4-7,10-11,22H,2-3,8-9H2,1H3,(H,23,24). The summed E-state index contributed by atoms with van der Waals surface area (Å²) in [5.41, 5.74) is 2.74. The predicted octanol–water partition coefficient (Wildman–Crippen LogP) is 4.27. The summed E-state index contributed by atoms with van der Waals surface area (Å²) < 4.78 is 34.8. The van der Waals surface area contributed by atoms with Crippen LogP contribution in [0.3, 0.4) is 0 Å². The number of ether oxygens (including phenoxy) is 1. The fourth-order valence-corrected chi connectivity index (χ4v) is 6.08. The fourth-order valence-electron chi connectivity index (χ4n) is 3.87. The van der Waals surface area contributed by atoms with Crippen molar-refractivity contribution in [3.05, 3.63) is 40.9 Å². The minimum Gasteiger partial charge on any atom is -0.497 e. The Kier molecular flexibility index (Phi) is 4.41. The Labute approximate surface area is 176 Å². The first kappa shape index (κ1) is 18.7. The molecule has 0 aliphatic carbocycles. The number of nitrogens with zero attached hydrogens (tertiary/aromatic N) is 2. The van der Waals surface area contributed by atoms with E-state index in [-0.39, 0.29) is 4.90 Å². The number of hydrogen-bond acceptors (Lipinski definition) is 4. The maximum atomic E-state index is 13.6. The Hall–Kier alpha value is -2.36. The van der Waals surface area contributed by atoms with Gasteiger partial charge in [-0.15, -0.1) is 0 Å². The van der Waals surface area contributed by atoms with Crippen LogP contribution in [0.1, 0.15) is 12.8 Å². The third kappa shape index (κ3) is 3.04. The molecule has 0 spiro atoms. The van der Waals surface area contributed by atoms with Gasteiger partial charge < -0.3 is 14.7 Å². The van der Waals surface area contributed by atoms with Gasteiger partial charge in [0.1, 0.15) is 16.3 Å². The van der Waals surface area contributed by atoms with E-state index >= 15 is 0 Å². The number of halogens is 1. The van der Waals surface area contributed by atoms with Crippen LogP contribution in [0.2, 0.25) is 0 Å². The van der Waals surface area contributed by atoms with Gasteiger partial charge in [-0.2, -0.15) is 4.31 Å². The molecule has 0 saturated carbocycles. The normalized spacial score (nSPS) is 15.5. The number of nitrogens with one attached hydrogen (secondary N) is 2. The number of rotatable bonds is 4. The van der Waals surface area contributed by atoms with E-state index in [1.165, 1.54) is 0 Å². The smallest absolute Gasteiger partial charge is 0.245 e. The molecule has 0 radical (unpaired) electrons. The van der Waals surface area contributed by atoms with Crippen LogP contribution in [0.15, 0.2) is 45.8 Å². The Balaban J connectivity index is 1.77. The summed E-state index contributed by atoms with van der Waals surface area (Å²) in [4.78, 5) is 11.4. The number of aromatic amines is 2. The van der Waals surface area contributed by atoms with Crippen LogP contribution in [0.5, 0.6) is 5.75 Å². The zero-order valence-electron chi connectivity index (χ0n) is 15.7. The van der Waals surface area contributed by atoms with Crippen molar-refractivity contribution in [1.82, 2.24) is 19.3 Å². The highest BCUT2D eigenvalue weighted by Crippen LogP contribution is 2.37. The lowest BCUT2D eigenvalue weighted by molar-refractivity contribution is 0.415. The highest BCUT2D eigenvalue weighted by Gasteiger charge is 2.33. The molecule has 2 N–H and O–H groups in total. The number of imidazole rings is 1. The van der Waals surface area contributed by atoms with E-state index in [9.17, 15) is 8.42 Å². The number of fused-ring (bicyclic) bond motifs is 2. The van der Waals surface area contributed by atoms with Crippen LogP contribution in [0.25, 0.3) is 33.5 Å². The topological polar surface area (TPSA) is 91.1 Å². The van der Waals surface area contributed by atoms with Gasteiger partial charge in [0, 0.05) is 34.5 Å². The van der Waals surface area contributed by atoms with Crippen LogP contribution >= 0.6 is 15.9 Å². The summed E-state index contributed by atoms with van der Waals surface area (Å²) in [6.07, 6.45) is 1.76. The third-order valence-corrected chi connectivity index (χ3v) is 7.78. The number of sulfonamides is 1. The summed E-state index contributed by atoms with van der Waals surface area (Å²) in [5.74, 6) is 1.19. The summed E-state index contributed by atoms with van der Waals surface area (Å²) in [6.45, 7) is 1.08. The molecule has 9 heteroatoms. The Morgan fingerprint density at radius 1 is 1.07 bits per heavy atom. The molecule has 1 fully saturated rings. The molecular weight excluding hydrogens is 456 g/mol. The van der Waals surface area contributed by atoms with E-state index < -0.39 is 10.0 Å². The van der Waals surface area contributed by atoms with Gasteiger partial charge in [0.2, 0.25) is 10.0 Å². The van der Waals surface area contributed by atoms with Gasteiger partial charge in [-0.3, -0.25) is 0 Å². The maximum Gasteiger partial charge on any atom is 0.245 e. The molecule has 0 bridgehead atoms. The molecule has 1 saturated heterocycles. The van der Waals surface area contributed by atoms with Crippen molar-refractivity contribution in [1.29, 1.82) is 0 Å². The lowest BCUT2D eigenvalue weighted by Crippen LogP contribution is -2.28. The molecule has 0 atom stereocenters. The lowest BCUT2D eigenvalue weighted by Gasteiger charge is -2.16. The monoisotopic (exact) mass is 474 g/mol. The van der Waals surface area contributed by atoms with Gasteiger partial charge >= 0.3 is 0 Å². The van der Waals surface area contributed by atoms with E-state index in [0.717, 1.165) is 33.9 Å². The number of benzene rings is 2. The lowest BCUT2D eigenvalue weighted by atomic mass is 10.2. The SMILES string of the molecule is COc1ccc2nc(-c3[nH]c4ccc(Br)cc4c3S(=O)(=O)N3CCCC3)[nH]c2c1. The summed E-state index contributed by atoms with van der Waals surface area (Å²) in [5, 5.41) is 0.652. The van der Waals surface area contributed by atoms with Crippen LogP contribution in [-0.2, 0) is 10.0 Å². The largest absolute Gasteiger partial charge is 0.497 e. The number of aromatic nitrogens is 3. The Bertz CT molecular complexity index is 1340. The van der Waals surface area contributed by atoms with Gasteiger partial charge in [0.05, 0.1) is 18.1 Å². The average Bonchev–Trinajstić information content (AvgIpc) is 3.44. The van der Waals surface area contributed by atoms with Crippen LogP contribution < -0.4 is 4.74 Å². The van der Waals surface area contributed by atoms with Crippen molar-refractivity contribution < 1.29 is 13.2 Å². The first-order chi connectivity index (χ1) is 14.0. The van der Waals surface area contributed by atoms with Gasteiger partial charge in [0.25, 0.3) is 0 Å². The van der Waals surface area contributed by atoms with Gasteiger partial charge in [-0.1, -0.05) is 15.9 Å². The van der Waals surface area contributed by atoms with Crippen LogP contribution in [0.4, 0.5) is 0 Å².